The first kappa shape index (κ1) is 14.6. The Labute approximate surface area is 121 Å². The van der Waals surface area contributed by atoms with Crippen molar-refractivity contribution in [3.63, 3.8) is 0 Å². The third-order valence-corrected chi connectivity index (χ3v) is 2.89. The molecule has 0 aliphatic rings. The molecule has 0 aliphatic heterocycles. The average Bonchev–Trinajstić information content (AvgIpc) is 2.48. The summed E-state index contributed by atoms with van der Waals surface area (Å²) in [6.07, 6.45) is 0. The van der Waals surface area contributed by atoms with E-state index in [4.69, 9.17) is 15.2 Å². The van der Waals surface area contributed by atoms with Gasteiger partial charge in [-0.2, -0.15) is 0 Å². The van der Waals surface area contributed by atoms with Crippen molar-refractivity contribution in [2.75, 3.05) is 25.3 Å². The van der Waals surface area contributed by atoms with Gasteiger partial charge in [0.15, 0.2) is 11.6 Å². The second-order valence-corrected chi connectivity index (χ2v) is 4.26. The quantitative estimate of drug-likeness (QED) is 0.849. The second kappa shape index (κ2) is 6.13. The van der Waals surface area contributed by atoms with E-state index in [2.05, 4.69) is 5.32 Å². The van der Waals surface area contributed by atoms with E-state index < -0.39 is 11.7 Å². The zero-order valence-corrected chi connectivity index (χ0v) is 11.6. The molecule has 0 radical (unpaired) electrons. The van der Waals surface area contributed by atoms with Crippen LogP contribution in [0.3, 0.4) is 0 Å². The van der Waals surface area contributed by atoms with Crippen LogP contribution in [0.25, 0.3) is 0 Å². The molecule has 3 N–H and O–H groups in total. The molecule has 5 nitrogen and oxygen atoms in total. The monoisotopic (exact) mass is 290 g/mol. The summed E-state index contributed by atoms with van der Waals surface area (Å²) in [6, 6.07) is 8.75. The van der Waals surface area contributed by atoms with Gasteiger partial charge in [0.05, 0.1) is 19.9 Å². The van der Waals surface area contributed by atoms with Crippen LogP contribution in [0.2, 0.25) is 0 Å². The molecule has 1 amide bonds. The van der Waals surface area contributed by atoms with Crippen molar-refractivity contribution in [3.05, 3.63) is 47.8 Å². The predicted molar refractivity (Wildman–Crippen MR) is 78.3 cm³/mol. The van der Waals surface area contributed by atoms with Crippen LogP contribution in [0.5, 0.6) is 11.5 Å². The molecule has 2 aromatic rings. The van der Waals surface area contributed by atoms with Crippen LogP contribution < -0.4 is 20.5 Å². The zero-order valence-electron chi connectivity index (χ0n) is 11.6. The average molecular weight is 290 g/mol. The summed E-state index contributed by atoms with van der Waals surface area (Å²) < 4.78 is 23.3. The predicted octanol–water partition coefficient (Wildman–Crippen LogP) is 2.68. The lowest BCUT2D eigenvalue weighted by molar-refractivity contribution is 0.102. The molecular weight excluding hydrogens is 275 g/mol. The van der Waals surface area contributed by atoms with Crippen LogP contribution in [0.1, 0.15) is 10.4 Å². The van der Waals surface area contributed by atoms with Crippen molar-refractivity contribution >= 4 is 17.3 Å². The molecule has 2 aromatic carbocycles. The van der Waals surface area contributed by atoms with E-state index in [0.29, 0.717) is 17.1 Å². The van der Waals surface area contributed by atoms with Crippen LogP contribution in [-0.4, -0.2) is 20.1 Å². The zero-order chi connectivity index (χ0) is 15.4. The van der Waals surface area contributed by atoms with E-state index in [1.54, 1.807) is 18.2 Å². The first-order chi connectivity index (χ1) is 10.0. The van der Waals surface area contributed by atoms with Crippen LogP contribution in [0, 0.1) is 5.82 Å². The molecule has 0 atom stereocenters. The fraction of sp³-hybridized carbons (Fsp3) is 0.133. The van der Waals surface area contributed by atoms with Gasteiger partial charge in [0.2, 0.25) is 0 Å². The van der Waals surface area contributed by atoms with Crippen molar-refractivity contribution in [2.24, 2.45) is 0 Å². The van der Waals surface area contributed by atoms with Crippen LogP contribution in [0.15, 0.2) is 36.4 Å². The highest BCUT2D eigenvalue weighted by molar-refractivity contribution is 6.05. The molecule has 2 rings (SSSR count). The Morgan fingerprint density at radius 3 is 2.48 bits per heavy atom. The lowest BCUT2D eigenvalue weighted by Gasteiger charge is -2.11. The van der Waals surface area contributed by atoms with Gasteiger partial charge in [-0.25, -0.2) is 4.39 Å². The summed E-state index contributed by atoms with van der Waals surface area (Å²) >= 11 is 0. The number of rotatable bonds is 4. The number of nitrogens with one attached hydrogen (secondary N) is 1. The third kappa shape index (κ3) is 3.22. The van der Waals surface area contributed by atoms with Gasteiger partial charge in [-0.05, 0) is 36.4 Å². The van der Waals surface area contributed by atoms with Crippen molar-refractivity contribution in [2.45, 2.75) is 0 Å². The maximum Gasteiger partial charge on any atom is 0.255 e. The number of hydrogen-bond acceptors (Lipinski definition) is 4. The van der Waals surface area contributed by atoms with Crippen molar-refractivity contribution in [1.82, 2.24) is 0 Å². The van der Waals surface area contributed by atoms with Gasteiger partial charge in [-0.15, -0.1) is 0 Å². The molecule has 21 heavy (non-hydrogen) atoms. The second-order valence-electron chi connectivity index (χ2n) is 4.26. The highest BCUT2D eigenvalue weighted by Crippen LogP contribution is 2.27. The molecule has 0 bridgehead atoms. The Bertz CT molecular complexity index is 674. The standard InChI is InChI=1S/C15H15FN2O3/c1-20-13-6-4-10(17)8-12(13)18-15(19)9-3-5-11(16)14(7-9)21-2/h3-8H,17H2,1-2H3,(H,18,19). The third-order valence-electron chi connectivity index (χ3n) is 2.89. The number of nitrogens with two attached hydrogens (primary N) is 1. The normalized spacial score (nSPS) is 10.0. The number of carbonyl (C=O) groups excluding carboxylic acids is 1. The Morgan fingerprint density at radius 1 is 1.10 bits per heavy atom. The minimum atomic E-state index is -0.532. The topological polar surface area (TPSA) is 73.6 Å². The summed E-state index contributed by atoms with van der Waals surface area (Å²) in [6.45, 7) is 0. The lowest BCUT2D eigenvalue weighted by Crippen LogP contribution is -2.13. The lowest BCUT2D eigenvalue weighted by atomic mass is 10.2. The summed E-state index contributed by atoms with van der Waals surface area (Å²) in [5.41, 5.74) is 6.87. The summed E-state index contributed by atoms with van der Waals surface area (Å²) in [4.78, 5) is 12.2. The molecule has 0 aliphatic carbocycles. The van der Waals surface area contributed by atoms with E-state index in [9.17, 15) is 9.18 Å². The Balaban J connectivity index is 2.28. The van der Waals surface area contributed by atoms with E-state index in [-0.39, 0.29) is 11.3 Å². The molecular formula is C15H15FN2O3. The Morgan fingerprint density at radius 2 is 1.81 bits per heavy atom. The Hall–Kier alpha value is -2.76. The molecule has 0 saturated heterocycles. The highest BCUT2D eigenvalue weighted by Gasteiger charge is 2.13. The summed E-state index contributed by atoms with van der Waals surface area (Å²) in [7, 11) is 2.82. The molecule has 0 spiro atoms. The molecule has 0 aromatic heterocycles. The van der Waals surface area contributed by atoms with Gasteiger partial charge in [0, 0.05) is 11.3 Å². The number of amides is 1. The highest BCUT2D eigenvalue weighted by atomic mass is 19.1. The fourth-order valence-electron chi connectivity index (χ4n) is 1.82. The first-order valence-corrected chi connectivity index (χ1v) is 6.13. The van der Waals surface area contributed by atoms with Crippen LogP contribution >= 0.6 is 0 Å². The Kier molecular flexibility index (Phi) is 4.27. The van der Waals surface area contributed by atoms with Crippen molar-refractivity contribution < 1.29 is 18.7 Å². The van der Waals surface area contributed by atoms with E-state index in [0.717, 1.165) is 0 Å². The number of hydrogen-bond donors (Lipinski definition) is 2. The maximum absolute atomic E-state index is 13.3. The molecule has 0 saturated carbocycles. The van der Waals surface area contributed by atoms with Gasteiger partial charge in [0.25, 0.3) is 5.91 Å². The minimum Gasteiger partial charge on any atom is -0.495 e. The molecule has 0 heterocycles. The molecule has 110 valence electrons. The first-order valence-electron chi connectivity index (χ1n) is 6.13. The largest absolute Gasteiger partial charge is 0.495 e. The minimum absolute atomic E-state index is 0.00203. The van der Waals surface area contributed by atoms with E-state index in [1.165, 1.54) is 32.4 Å². The number of benzene rings is 2. The number of methoxy groups -OCH3 is 2. The number of ether oxygens (including phenoxy) is 2. The van der Waals surface area contributed by atoms with Crippen LogP contribution in [-0.2, 0) is 0 Å². The molecule has 0 fully saturated rings. The number of nitrogen functional groups attached to an aromatic ring is 1. The molecule has 6 heteroatoms. The van der Waals surface area contributed by atoms with E-state index >= 15 is 0 Å². The number of halogens is 1. The number of carbonyl (C=O) groups is 1. The van der Waals surface area contributed by atoms with Gasteiger partial charge in [-0.1, -0.05) is 0 Å². The molecule has 0 unspecified atom stereocenters. The van der Waals surface area contributed by atoms with Crippen LogP contribution in [0.4, 0.5) is 15.8 Å². The van der Waals surface area contributed by atoms with E-state index in [1.807, 2.05) is 0 Å². The van der Waals surface area contributed by atoms with Crippen molar-refractivity contribution in [1.29, 1.82) is 0 Å². The van der Waals surface area contributed by atoms with Gasteiger partial charge >= 0.3 is 0 Å². The van der Waals surface area contributed by atoms with Crippen molar-refractivity contribution in [3.8, 4) is 11.5 Å². The van der Waals surface area contributed by atoms with Gasteiger partial charge < -0.3 is 20.5 Å². The smallest absolute Gasteiger partial charge is 0.255 e. The SMILES string of the molecule is COc1cc(C(=O)Nc2cc(N)ccc2OC)ccc1F. The summed E-state index contributed by atoms with van der Waals surface area (Å²) in [5, 5.41) is 2.67. The number of anilines is 2. The fourth-order valence-corrected chi connectivity index (χ4v) is 1.82. The van der Waals surface area contributed by atoms with Gasteiger partial charge in [0.1, 0.15) is 5.75 Å². The van der Waals surface area contributed by atoms with Gasteiger partial charge in [-0.3, -0.25) is 4.79 Å². The summed E-state index contributed by atoms with van der Waals surface area (Å²) in [5.74, 6) is -0.471. The maximum atomic E-state index is 13.3.